The predicted molar refractivity (Wildman–Crippen MR) is 82.2 cm³/mol. The van der Waals surface area contributed by atoms with Gasteiger partial charge in [0.2, 0.25) is 0 Å². The molecule has 0 saturated heterocycles. The average Bonchev–Trinajstić information content (AvgIpc) is 2.80. The van der Waals surface area contributed by atoms with Gasteiger partial charge in [-0.15, -0.1) is 0 Å². The van der Waals surface area contributed by atoms with Crippen molar-refractivity contribution in [2.75, 3.05) is 6.54 Å². The van der Waals surface area contributed by atoms with Gasteiger partial charge in [0.05, 0.1) is 11.0 Å². The molecule has 23 heavy (non-hydrogen) atoms. The van der Waals surface area contributed by atoms with Crippen molar-refractivity contribution in [3.63, 3.8) is 0 Å². The number of phenolic OH excluding ortho intramolecular Hbond substituents is 1. The molecule has 0 radical (unpaired) electrons. The van der Waals surface area contributed by atoms with Crippen LogP contribution in [0.4, 0.5) is 13.2 Å². The molecule has 0 fully saturated rings. The van der Waals surface area contributed by atoms with Crippen molar-refractivity contribution >= 4 is 21.8 Å². The zero-order valence-corrected chi connectivity index (χ0v) is 12.3. The number of hydrogen-bond donors (Lipinski definition) is 2. The van der Waals surface area contributed by atoms with E-state index in [0.717, 1.165) is 0 Å². The van der Waals surface area contributed by atoms with Gasteiger partial charge in [0.1, 0.15) is 5.75 Å². The number of phenols is 1. The number of hydrogen-bond acceptors (Lipinski definition) is 3. The van der Waals surface area contributed by atoms with Crippen molar-refractivity contribution in [1.82, 2.24) is 9.55 Å². The number of alkyl halides is 3. The Labute approximate surface area is 130 Å². The largest absolute Gasteiger partial charge is 0.508 e. The Balaban J connectivity index is 2.34. The van der Waals surface area contributed by atoms with Gasteiger partial charge >= 0.3 is 6.18 Å². The van der Waals surface area contributed by atoms with Gasteiger partial charge in [-0.2, -0.15) is 13.2 Å². The highest BCUT2D eigenvalue weighted by atomic mass is 19.4. The second-order valence-corrected chi connectivity index (χ2v) is 5.40. The van der Waals surface area contributed by atoms with E-state index in [9.17, 15) is 18.3 Å². The van der Waals surface area contributed by atoms with Crippen molar-refractivity contribution in [2.45, 2.75) is 25.6 Å². The summed E-state index contributed by atoms with van der Waals surface area (Å²) in [6.07, 6.45) is -2.01. The summed E-state index contributed by atoms with van der Waals surface area (Å²) in [5, 5.41) is 10.9. The third-order valence-electron chi connectivity index (χ3n) is 3.86. The van der Waals surface area contributed by atoms with Gasteiger partial charge in [-0.1, -0.05) is 0 Å². The Morgan fingerprint density at radius 2 is 1.91 bits per heavy atom. The summed E-state index contributed by atoms with van der Waals surface area (Å²) in [6, 6.07) is 6.16. The second-order valence-electron chi connectivity index (χ2n) is 5.40. The Kier molecular flexibility index (Phi) is 3.89. The first kappa shape index (κ1) is 15.6. The highest BCUT2D eigenvalue weighted by Gasteiger charge is 2.36. The number of nitrogens with zero attached hydrogens (tertiary/aromatic N) is 2. The van der Waals surface area contributed by atoms with Crippen LogP contribution in [-0.4, -0.2) is 21.2 Å². The highest BCUT2D eigenvalue weighted by Crippen LogP contribution is 2.38. The van der Waals surface area contributed by atoms with Crippen LogP contribution in [0.3, 0.4) is 0 Å². The Morgan fingerprint density at radius 3 is 2.61 bits per heavy atom. The van der Waals surface area contributed by atoms with E-state index in [1.165, 1.54) is 18.3 Å². The molecule has 3 aromatic rings. The first-order valence-electron chi connectivity index (χ1n) is 7.30. The third kappa shape index (κ3) is 2.72. The van der Waals surface area contributed by atoms with Crippen LogP contribution in [0.25, 0.3) is 21.8 Å². The van der Waals surface area contributed by atoms with E-state index in [1.54, 1.807) is 16.7 Å². The van der Waals surface area contributed by atoms with Crippen LogP contribution < -0.4 is 5.73 Å². The van der Waals surface area contributed by atoms with Gasteiger partial charge < -0.3 is 15.4 Å². The molecule has 0 atom stereocenters. The molecule has 0 aliphatic carbocycles. The van der Waals surface area contributed by atoms with E-state index in [-0.39, 0.29) is 11.3 Å². The van der Waals surface area contributed by atoms with E-state index < -0.39 is 11.9 Å². The van der Waals surface area contributed by atoms with Crippen LogP contribution in [0.5, 0.6) is 5.75 Å². The van der Waals surface area contributed by atoms with Gasteiger partial charge in [-0.25, -0.2) is 4.98 Å². The van der Waals surface area contributed by atoms with Crippen LogP contribution in [0.1, 0.15) is 18.5 Å². The smallest absolute Gasteiger partial charge is 0.435 e. The van der Waals surface area contributed by atoms with Gasteiger partial charge in [0, 0.05) is 29.6 Å². The summed E-state index contributed by atoms with van der Waals surface area (Å²) in [6.45, 7) is 0.863. The van der Waals surface area contributed by atoms with Crippen LogP contribution >= 0.6 is 0 Å². The Hall–Kier alpha value is -2.28. The van der Waals surface area contributed by atoms with Crippen molar-refractivity contribution in [3.8, 4) is 5.75 Å². The van der Waals surface area contributed by atoms with E-state index in [4.69, 9.17) is 5.73 Å². The molecule has 7 heteroatoms. The number of rotatable bonds is 4. The van der Waals surface area contributed by atoms with E-state index in [2.05, 4.69) is 4.98 Å². The number of nitrogens with two attached hydrogens (primary N) is 1. The summed E-state index contributed by atoms with van der Waals surface area (Å²) >= 11 is 0. The molecule has 4 nitrogen and oxygen atoms in total. The molecular formula is C16H16F3N3O. The lowest BCUT2D eigenvalue weighted by molar-refractivity contribution is -0.140. The van der Waals surface area contributed by atoms with Crippen LogP contribution in [0, 0.1) is 0 Å². The fourth-order valence-electron chi connectivity index (χ4n) is 2.89. The average molecular weight is 323 g/mol. The van der Waals surface area contributed by atoms with Crippen molar-refractivity contribution in [1.29, 1.82) is 0 Å². The van der Waals surface area contributed by atoms with Gasteiger partial charge in [0.15, 0.2) is 5.69 Å². The molecule has 1 aromatic carbocycles. The molecule has 0 saturated carbocycles. The maximum absolute atomic E-state index is 13.3. The Bertz CT molecular complexity index is 855. The fourth-order valence-corrected chi connectivity index (χ4v) is 2.89. The lowest BCUT2D eigenvalue weighted by Crippen LogP contribution is -2.11. The number of pyridine rings is 1. The minimum Gasteiger partial charge on any atom is -0.508 e. The normalized spacial score (nSPS) is 12.3. The van der Waals surface area contributed by atoms with Gasteiger partial charge in [-0.3, -0.25) is 0 Å². The first-order valence-corrected chi connectivity index (χ1v) is 7.30. The second kappa shape index (κ2) is 5.73. The first-order chi connectivity index (χ1) is 10.9. The molecule has 122 valence electrons. The number of aromatic hydroxyl groups is 1. The van der Waals surface area contributed by atoms with E-state index in [0.29, 0.717) is 42.2 Å². The predicted octanol–water partition coefficient (Wildman–Crippen LogP) is 3.65. The number of benzene rings is 1. The molecule has 2 aromatic heterocycles. The van der Waals surface area contributed by atoms with Crippen molar-refractivity contribution in [3.05, 3.63) is 36.2 Å². The summed E-state index contributed by atoms with van der Waals surface area (Å²) in [5.41, 5.74) is 5.19. The summed E-state index contributed by atoms with van der Waals surface area (Å²) < 4.78 is 41.6. The number of fused-ring (bicyclic) bond motifs is 3. The SMILES string of the molecule is NCCCCn1c2cc(O)ccc2c2ccnc(C(F)(F)F)c21. The van der Waals surface area contributed by atoms with Crippen LogP contribution in [0.15, 0.2) is 30.5 Å². The summed E-state index contributed by atoms with van der Waals surface area (Å²) in [5.74, 6) is 0.0156. The summed E-state index contributed by atoms with van der Waals surface area (Å²) in [7, 11) is 0. The molecule has 3 N–H and O–H groups in total. The zero-order chi connectivity index (χ0) is 16.6. The summed E-state index contributed by atoms with van der Waals surface area (Å²) in [4.78, 5) is 3.55. The number of halogens is 3. The van der Waals surface area contributed by atoms with Crippen molar-refractivity contribution < 1.29 is 18.3 Å². The lowest BCUT2D eigenvalue weighted by atomic mass is 10.1. The van der Waals surface area contributed by atoms with Crippen molar-refractivity contribution in [2.24, 2.45) is 5.73 Å². The topological polar surface area (TPSA) is 64.1 Å². The molecule has 0 bridgehead atoms. The minimum atomic E-state index is -4.54. The standard InChI is InChI=1S/C16H16F3N3O/c17-16(18,19)15-14-12(5-7-21-15)11-4-3-10(23)9-13(11)22(14)8-2-1-6-20/h3-5,7,9,23H,1-2,6,8,20H2. The number of aromatic nitrogens is 2. The molecule has 0 aliphatic rings. The maximum atomic E-state index is 13.3. The Morgan fingerprint density at radius 1 is 1.13 bits per heavy atom. The van der Waals surface area contributed by atoms with Gasteiger partial charge in [0.25, 0.3) is 0 Å². The molecule has 0 amide bonds. The minimum absolute atomic E-state index is 0.0156. The molecule has 3 rings (SSSR count). The number of aryl methyl sites for hydroxylation is 1. The fraction of sp³-hybridized carbons (Fsp3) is 0.312. The maximum Gasteiger partial charge on any atom is 0.435 e. The molecule has 0 unspecified atom stereocenters. The molecule has 2 heterocycles. The quantitative estimate of drug-likeness (QED) is 0.720. The van der Waals surface area contributed by atoms with Crippen LogP contribution in [0.2, 0.25) is 0 Å². The molecule has 0 aliphatic heterocycles. The zero-order valence-electron chi connectivity index (χ0n) is 12.3. The number of unbranched alkanes of at least 4 members (excludes halogenated alkanes) is 1. The van der Waals surface area contributed by atoms with E-state index in [1.807, 2.05) is 0 Å². The molecule has 0 spiro atoms. The third-order valence-corrected chi connectivity index (χ3v) is 3.86. The van der Waals surface area contributed by atoms with Gasteiger partial charge in [-0.05, 0) is 37.6 Å². The monoisotopic (exact) mass is 323 g/mol. The molecular weight excluding hydrogens is 307 g/mol. The lowest BCUT2D eigenvalue weighted by Gasteiger charge is -2.12. The van der Waals surface area contributed by atoms with Crippen LogP contribution in [-0.2, 0) is 12.7 Å². The van der Waals surface area contributed by atoms with E-state index >= 15 is 0 Å². The highest BCUT2D eigenvalue weighted by molar-refractivity contribution is 6.09.